The maximum Gasteiger partial charge on any atom is 0.264 e. The van der Waals surface area contributed by atoms with Crippen molar-refractivity contribution in [3.63, 3.8) is 0 Å². The van der Waals surface area contributed by atoms with Crippen LogP contribution in [0.5, 0.6) is 0 Å². The summed E-state index contributed by atoms with van der Waals surface area (Å²) in [5.74, 6) is 0.834. The largest absolute Gasteiger partial charge is 0.353 e. The Labute approximate surface area is 159 Å². The number of hydrogen-bond acceptors (Lipinski definition) is 4. The fourth-order valence-corrected chi connectivity index (χ4v) is 4.54. The SMILES string of the molecule is CCn1c(NC2CCCC2)nc2c(ccn2C2CCN(C(C)=O)CC2)c1=O. The minimum atomic E-state index is 0.0305. The van der Waals surface area contributed by atoms with E-state index >= 15 is 0 Å². The fourth-order valence-electron chi connectivity index (χ4n) is 4.54. The molecular weight excluding hydrogens is 342 g/mol. The number of fused-ring (bicyclic) bond motifs is 1. The van der Waals surface area contributed by atoms with E-state index in [1.807, 2.05) is 24.1 Å². The van der Waals surface area contributed by atoms with Crippen LogP contribution >= 0.6 is 0 Å². The lowest BCUT2D eigenvalue weighted by atomic mass is 10.0. The van der Waals surface area contributed by atoms with Crippen LogP contribution in [-0.4, -0.2) is 44.1 Å². The number of rotatable bonds is 4. The van der Waals surface area contributed by atoms with Gasteiger partial charge in [-0.3, -0.25) is 14.2 Å². The van der Waals surface area contributed by atoms with E-state index in [1.165, 1.54) is 12.8 Å². The molecule has 2 aliphatic rings. The van der Waals surface area contributed by atoms with Crippen molar-refractivity contribution in [1.82, 2.24) is 19.0 Å². The van der Waals surface area contributed by atoms with E-state index in [9.17, 15) is 9.59 Å². The molecule has 1 saturated heterocycles. The Morgan fingerprint density at radius 3 is 2.56 bits per heavy atom. The van der Waals surface area contributed by atoms with Gasteiger partial charge in [0, 0.05) is 44.8 Å². The minimum Gasteiger partial charge on any atom is -0.353 e. The average Bonchev–Trinajstić information content (AvgIpc) is 3.32. The van der Waals surface area contributed by atoms with E-state index in [-0.39, 0.29) is 17.5 Å². The molecule has 7 nitrogen and oxygen atoms in total. The van der Waals surface area contributed by atoms with Gasteiger partial charge in [-0.2, -0.15) is 4.98 Å². The predicted octanol–water partition coefficient (Wildman–Crippen LogP) is 2.76. The molecule has 2 aromatic rings. The molecule has 0 atom stereocenters. The maximum absolute atomic E-state index is 13.0. The van der Waals surface area contributed by atoms with Crippen LogP contribution in [0.15, 0.2) is 17.1 Å². The Balaban J connectivity index is 1.67. The van der Waals surface area contributed by atoms with Gasteiger partial charge in [-0.05, 0) is 38.7 Å². The number of aromatic nitrogens is 3. The molecule has 1 aliphatic carbocycles. The molecule has 7 heteroatoms. The normalized spacial score (nSPS) is 19.1. The number of carbonyl (C=O) groups is 1. The quantitative estimate of drug-likeness (QED) is 0.897. The van der Waals surface area contributed by atoms with Gasteiger partial charge in [0.05, 0.1) is 5.39 Å². The van der Waals surface area contributed by atoms with Crippen molar-refractivity contribution in [3.8, 4) is 0 Å². The molecule has 4 rings (SSSR count). The van der Waals surface area contributed by atoms with E-state index in [4.69, 9.17) is 4.98 Å². The maximum atomic E-state index is 13.0. The molecule has 2 aromatic heterocycles. The molecule has 1 amide bonds. The summed E-state index contributed by atoms with van der Waals surface area (Å²) >= 11 is 0. The lowest BCUT2D eigenvalue weighted by Crippen LogP contribution is -2.37. The summed E-state index contributed by atoms with van der Waals surface area (Å²) in [4.78, 5) is 31.4. The molecule has 0 aromatic carbocycles. The van der Waals surface area contributed by atoms with E-state index in [2.05, 4.69) is 9.88 Å². The van der Waals surface area contributed by atoms with Gasteiger partial charge in [0.25, 0.3) is 5.56 Å². The first-order valence-corrected chi connectivity index (χ1v) is 10.2. The molecular formula is C20H29N5O2. The van der Waals surface area contributed by atoms with Crippen LogP contribution in [0.25, 0.3) is 11.0 Å². The van der Waals surface area contributed by atoms with Crippen molar-refractivity contribution in [2.75, 3.05) is 18.4 Å². The summed E-state index contributed by atoms with van der Waals surface area (Å²) < 4.78 is 3.90. The van der Waals surface area contributed by atoms with Crippen molar-refractivity contribution in [3.05, 3.63) is 22.6 Å². The van der Waals surface area contributed by atoms with Crippen molar-refractivity contribution in [1.29, 1.82) is 0 Å². The van der Waals surface area contributed by atoms with Crippen LogP contribution in [0.3, 0.4) is 0 Å². The van der Waals surface area contributed by atoms with Crippen LogP contribution in [0.4, 0.5) is 5.95 Å². The third kappa shape index (κ3) is 3.35. The highest BCUT2D eigenvalue weighted by Gasteiger charge is 2.25. The van der Waals surface area contributed by atoms with Crippen molar-refractivity contribution in [2.24, 2.45) is 0 Å². The van der Waals surface area contributed by atoms with E-state index in [1.54, 1.807) is 11.5 Å². The van der Waals surface area contributed by atoms with E-state index < -0.39 is 0 Å². The second-order valence-electron chi connectivity index (χ2n) is 7.81. The third-order valence-electron chi connectivity index (χ3n) is 6.14. The molecule has 0 unspecified atom stereocenters. The van der Waals surface area contributed by atoms with Gasteiger partial charge in [-0.1, -0.05) is 12.8 Å². The number of likely N-dealkylation sites (tertiary alicyclic amines) is 1. The number of hydrogen-bond donors (Lipinski definition) is 1. The first kappa shape index (κ1) is 18.1. The fraction of sp³-hybridized carbons (Fsp3) is 0.650. The zero-order chi connectivity index (χ0) is 19.0. The van der Waals surface area contributed by atoms with E-state index in [0.717, 1.165) is 44.4 Å². The monoisotopic (exact) mass is 371 g/mol. The molecule has 0 bridgehead atoms. The Morgan fingerprint density at radius 1 is 1.22 bits per heavy atom. The van der Waals surface area contributed by atoms with Gasteiger partial charge in [0.2, 0.25) is 11.9 Å². The van der Waals surface area contributed by atoms with Crippen LogP contribution in [0.2, 0.25) is 0 Å². The molecule has 1 N–H and O–H groups in total. The number of anilines is 1. The number of amides is 1. The standard InChI is InChI=1S/C20H29N5O2/c1-3-24-19(27)17-10-13-25(16-8-11-23(12-9-16)14(2)26)18(17)22-20(24)21-15-6-4-5-7-15/h10,13,15-16H,3-9,11-12H2,1-2H3,(H,21,22). The summed E-state index contributed by atoms with van der Waals surface area (Å²) in [6.45, 7) is 5.75. The number of nitrogens with one attached hydrogen (secondary N) is 1. The molecule has 0 radical (unpaired) electrons. The predicted molar refractivity (Wildman–Crippen MR) is 106 cm³/mol. The highest BCUT2D eigenvalue weighted by atomic mass is 16.2. The summed E-state index contributed by atoms with van der Waals surface area (Å²) in [6, 6.07) is 2.59. The van der Waals surface area contributed by atoms with Crippen LogP contribution in [-0.2, 0) is 11.3 Å². The summed E-state index contributed by atoms with van der Waals surface area (Å²) in [5, 5.41) is 4.20. The Morgan fingerprint density at radius 2 is 1.93 bits per heavy atom. The summed E-state index contributed by atoms with van der Waals surface area (Å²) in [6.07, 6.45) is 8.54. The second kappa shape index (κ2) is 7.37. The number of nitrogens with zero attached hydrogens (tertiary/aromatic N) is 4. The summed E-state index contributed by atoms with van der Waals surface area (Å²) in [5.41, 5.74) is 0.800. The molecule has 1 aliphatic heterocycles. The first-order valence-electron chi connectivity index (χ1n) is 10.2. The van der Waals surface area contributed by atoms with Crippen LogP contribution in [0, 0.1) is 0 Å². The third-order valence-corrected chi connectivity index (χ3v) is 6.14. The Hall–Kier alpha value is -2.31. The first-order chi connectivity index (χ1) is 13.1. The lowest BCUT2D eigenvalue weighted by Gasteiger charge is -2.32. The lowest BCUT2D eigenvalue weighted by molar-refractivity contribution is -0.130. The molecule has 146 valence electrons. The zero-order valence-corrected chi connectivity index (χ0v) is 16.3. The molecule has 27 heavy (non-hydrogen) atoms. The second-order valence-corrected chi connectivity index (χ2v) is 7.81. The molecule has 0 spiro atoms. The minimum absolute atomic E-state index is 0.0305. The average molecular weight is 371 g/mol. The van der Waals surface area contributed by atoms with Crippen LogP contribution < -0.4 is 10.9 Å². The van der Waals surface area contributed by atoms with Gasteiger partial charge in [0.15, 0.2) is 0 Å². The van der Waals surface area contributed by atoms with Crippen molar-refractivity contribution < 1.29 is 4.79 Å². The van der Waals surface area contributed by atoms with Gasteiger partial charge in [-0.25, -0.2) is 0 Å². The van der Waals surface area contributed by atoms with Crippen LogP contribution in [0.1, 0.15) is 58.4 Å². The Kier molecular flexibility index (Phi) is 4.93. The van der Waals surface area contributed by atoms with E-state index in [0.29, 0.717) is 23.9 Å². The summed E-state index contributed by atoms with van der Waals surface area (Å²) in [7, 11) is 0. The highest BCUT2D eigenvalue weighted by molar-refractivity contribution is 5.77. The van der Waals surface area contributed by atoms with Crippen molar-refractivity contribution in [2.45, 2.75) is 71.0 Å². The molecule has 1 saturated carbocycles. The number of piperidine rings is 1. The molecule has 3 heterocycles. The van der Waals surface area contributed by atoms with Gasteiger partial charge in [-0.15, -0.1) is 0 Å². The zero-order valence-electron chi connectivity index (χ0n) is 16.3. The highest BCUT2D eigenvalue weighted by Crippen LogP contribution is 2.27. The Bertz CT molecular complexity index is 886. The van der Waals surface area contributed by atoms with Crippen molar-refractivity contribution >= 4 is 22.9 Å². The van der Waals surface area contributed by atoms with Gasteiger partial charge < -0.3 is 14.8 Å². The topological polar surface area (TPSA) is 72.2 Å². The number of carbonyl (C=O) groups excluding carboxylic acids is 1. The van der Waals surface area contributed by atoms with Gasteiger partial charge in [0.1, 0.15) is 5.65 Å². The van der Waals surface area contributed by atoms with Gasteiger partial charge >= 0.3 is 0 Å². The smallest absolute Gasteiger partial charge is 0.264 e. The molecule has 2 fully saturated rings.